The van der Waals surface area contributed by atoms with Crippen LogP contribution in [-0.2, 0) is 13.5 Å². The molecule has 0 radical (unpaired) electrons. The maximum Gasteiger partial charge on any atom is 0.337 e. The standard InChI is InChI=1S/C19H14Cl2N2O2/c1-10-11(9-22)3-6-17-14(10)7-12(23(17)2)8-15-16(20)5-4-13(18(15)21)19(24)25/h3-7H,8H2,1-2H3,(H,24,25). The first-order chi connectivity index (χ1) is 11.8. The highest BCUT2D eigenvalue weighted by Gasteiger charge is 2.18. The molecular formula is C19H14Cl2N2O2. The molecule has 2 aromatic carbocycles. The van der Waals surface area contributed by atoms with Gasteiger partial charge in [0.1, 0.15) is 0 Å². The van der Waals surface area contributed by atoms with Gasteiger partial charge in [-0.3, -0.25) is 0 Å². The molecule has 0 aliphatic carbocycles. The number of carboxylic acids is 1. The van der Waals surface area contributed by atoms with Gasteiger partial charge in [0.15, 0.2) is 0 Å². The lowest BCUT2D eigenvalue weighted by molar-refractivity contribution is 0.0697. The van der Waals surface area contributed by atoms with E-state index in [-0.39, 0.29) is 10.6 Å². The van der Waals surface area contributed by atoms with Crippen LogP contribution in [0.1, 0.15) is 32.7 Å². The molecule has 25 heavy (non-hydrogen) atoms. The monoisotopic (exact) mass is 372 g/mol. The maximum absolute atomic E-state index is 11.3. The number of hydrogen-bond donors (Lipinski definition) is 1. The molecule has 0 amide bonds. The molecule has 1 heterocycles. The van der Waals surface area contributed by atoms with Crippen molar-refractivity contribution in [1.82, 2.24) is 4.57 Å². The predicted molar refractivity (Wildman–Crippen MR) is 98.6 cm³/mol. The van der Waals surface area contributed by atoms with Crippen LogP contribution in [0.4, 0.5) is 0 Å². The van der Waals surface area contributed by atoms with Crippen LogP contribution < -0.4 is 0 Å². The Kier molecular flexibility index (Phi) is 4.47. The van der Waals surface area contributed by atoms with Crippen molar-refractivity contribution in [3.8, 4) is 6.07 Å². The van der Waals surface area contributed by atoms with E-state index in [0.717, 1.165) is 22.2 Å². The van der Waals surface area contributed by atoms with Crippen molar-refractivity contribution in [3.05, 3.63) is 68.3 Å². The van der Waals surface area contributed by atoms with Crippen LogP contribution >= 0.6 is 23.2 Å². The average Bonchev–Trinajstić information content (AvgIpc) is 2.88. The van der Waals surface area contributed by atoms with Crippen LogP contribution in [0.5, 0.6) is 0 Å². The van der Waals surface area contributed by atoms with Gasteiger partial charge in [0.2, 0.25) is 0 Å². The Morgan fingerprint density at radius 2 is 2.00 bits per heavy atom. The Labute approximate surface area is 154 Å². The van der Waals surface area contributed by atoms with E-state index in [1.165, 1.54) is 6.07 Å². The normalized spacial score (nSPS) is 10.8. The zero-order chi connectivity index (χ0) is 18.3. The minimum absolute atomic E-state index is 0.0304. The summed E-state index contributed by atoms with van der Waals surface area (Å²) in [5.74, 6) is -1.09. The Balaban J connectivity index is 2.15. The topological polar surface area (TPSA) is 66.0 Å². The third-order valence-electron chi connectivity index (χ3n) is 4.49. The average molecular weight is 373 g/mol. The van der Waals surface area contributed by atoms with Gasteiger partial charge in [-0.1, -0.05) is 23.2 Å². The second-order valence-corrected chi connectivity index (χ2v) is 6.63. The highest BCUT2D eigenvalue weighted by Crippen LogP contribution is 2.32. The molecular weight excluding hydrogens is 359 g/mol. The summed E-state index contributed by atoms with van der Waals surface area (Å²) in [6.07, 6.45) is 0.394. The molecule has 0 aliphatic heterocycles. The molecule has 0 saturated carbocycles. The number of carbonyl (C=O) groups is 1. The van der Waals surface area contributed by atoms with Crippen molar-refractivity contribution in [1.29, 1.82) is 5.26 Å². The smallest absolute Gasteiger partial charge is 0.337 e. The van der Waals surface area contributed by atoms with E-state index in [1.807, 2.05) is 30.7 Å². The zero-order valence-corrected chi connectivity index (χ0v) is 15.1. The van der Waals surface area contributed by atoms with E-state index in [4.69, 9.17) is 23.2 Å². The molecule has 6 heteroatoms. The van der Waals surface area contributed by atoms with Gasteiger partial charge in [-0.25, -0.2) is 4.79 Å². The highest BCUT2D eigenvalue weighted by molar-refractivity contribution is 6.38. The predicted octanol–water partition coefficient (Wildman–Crippen LogP) is 4.95. The van der Waals surface area contributed by atoms with E-state index < -0.39 is 5.97 Å². The number of fused-ring (bicyclic) bond motifs is 1. The first-order valence-corrected chi connectivity index (χ1v) is 8.29. The van der Waals surface area contributed by atoms with Crippen LogP contribution in [0.25, 0.3) is 10.9 Å². The summed E-state index contributed by atoms with van der Waals surface area (Å²) in [4.78, 5) is 11.3. The minimum Gasteiger partial charge on any atom is -0.478 e. The number of hydrogen-bond acceptors (Lipinski definition) is 2. The molecule has 126 valence electrons. The van der Waals surface area contributed by atoms with Crippen LogP contribution in [0.3, 0.4) is 0 Å². The first kappa shape index (κ1) is 17.3. The number of rotatable bonds is 3. The fourth-order valence-electron chi connectivity index (χ4n) is 3.00. The lowest BCUT2D eigenvalue weighted by Crippen LogP contribution is -2.03. The van der Waals surface area contributed by atoms with Gasteiger partial charge >= 0.3 is 5.97 Å². The summed E-state index contributed by atoms with van der Waals surface area (Å²) in [6, 6.07) is 10.8. The summed E-state index contributed by atoms with van der Waals surface area (Å²) >= 11 is 12.5. The Hall–Kier alpha value is -2.48. The fraction of sp³-hybridized carbons (Fsp3) is 0.158. The van der Waals surface area contributed by atoms with Crippen molar-refractivity contribution >= 4 is 40.1 Å². The number of benzene rings is 2. The summed E-state index contributed by atoms with van der Waals surface area (Å²) < 4.78 is 2.00. The fourth-order valence-corrected chi connectivity index (χ4v) is 3.59. The highest BCUT2D eigenvalue weighted by atomic mass is 35.5. The lowest BCUT2D eigenvalue weighted by Gasteiger charge is -2.10. The molecule has 0 fully saturated rings. The molecule has 0 spiro atoms. The van der Waals surface area contributed by atoms with Crippen molar-refractivity contribution in [3.63, 3.8) is 0 Å². The molecule has 0 unspecified atom stereocenters. The molecule has 1 aromatic heterocycles. The van der Waals surface area contributed by atoms with Gasteiger partial charge in [0.05, 0.1) is 22.2 Å². The largest absolute Gasteiger partial charge is 0.478 e. The van der Waals surface area contributed by atoms with Crippen LogP contribution in [0.15, 0.2) is 30.3 Å². The van der Waals surface area contributed by atoms with Gasteiger partial charge in [-0.05, 0) is 48.4 Å². The van der Waals surface area contributed by atoms with Crippen molar-refractivity contribution in [2.75, 3.05) is 0 Å². The van der Waals surface area contributed by atoms with Gasteiger partial charge in [0.25, 0.3) is 0 Å². The molecule has 0 bridgehead atoms. The molecule has 0 saturated heterocycles. The van der Waals surface area contributed by atoms with Crippen LogP contribution in [0.2, 0.25) is 10.0 Å². The second kappa shape index (κ2) is 6.44. The van der Waals surface area contributed by atoms with Crippen molar-refractivity contribution in [2.45, 2.75) is 13.3 Å². The maximum atomic E-state index is 11.3. The molecule has 1 N–H and O–H groups in total. The van der Waals surface area contributed by atoms with Gasteiger partial charge in [-0.15, -0.1) is 0 Å². The number of carboxylic acid groups (broad SMARTS) is 1. The SMILES string of the molecule is Cc1c(C#N)ccc2c1cc(Cc1c(Cl)ccc(C(=O)O)c1Cl)n2C. The van der Waals surface area contributed by atoms with Crippen molar-refractivity contribution < 1.29 is 9.90 Å². The number of aromatic carboxylic acids is 1. The number of nitrogens with zero attached hydrogens (tertiary/aromatic N) is 2. The summed E-state index contributed by atoms with van der Waals surface area (Å²) in [6.45, 7) is 1.91. The van der Waals surface area contributed by atoms with Gasteiger partial charge in [-0.2, -0.15) is 5.26 Å². The van der Waals surface area contributed by atoms with E-state index in [2.05, 4.69) is 6.07 Å². The summed E-state index contributed by atoms with van der Waals surface area (Å²) in [5, 5.41) is 20.0. The van der Waals surface area contributed by atoms with Crippen molar-refractivity contribution in [2.24, 2.45) is 7.05 Å². The molecule has 3 aromatic rings. The molecule has 0 atom stereocenters. The number of nitriles is 1. The first-order valence-electron chi connectivity index (χ1n) is 7.53. The Bertz CT molecular complexity index is 1060. The number of aromatic nitrogens is 1. The summed E-state index contributed by atoms with van der Waals surface area (Å²) in [5.41, 5.74) is 4.08. The van der Waals surface area contributed by atoms with E-state index >= 15 is 0 Å². The van der Waals surface area contributed by atoms with Crippen LogP contribution in [0, 0.1) is 18.3 Å². The lowest BCUT2D eigenvalue weighted by atomic mass is 10.0. The van der Waals surface area contributed by atoms with Crippen LogP contribution in [-0.4, -0.2) is 15.6 Å². The number of halogens is 2. The third-order valence-corrected chi connectivity index (χ3v) is 5.28. The summed E-state index contributed by atoms with van der Waals surface area (Å²) in [7, 11) is 1.92. The quantitative estimate of drug-likeness (QED) is 0.706. The number of aryl methyl sites for hydroxylation is 2. The second-order valence-electron chi connectivity index (χ2n) is 5.85. The Morgan fingerprint density at radius 1 is 1.28 bits per heavy atom. The molecule has 3 rings (SSSR count). The van der Waals surface area contributed by atoms with E-state index in [9.17, 15) is 15.2 Å². The van der Waals surface area contributed by atoms with E-state index in [0.29, 0.717) is 22.6 Å². The van der Waals surface area contributed by atoms with Gasteiger partial charge < -0.3 is 9.67 Å². The Morgan fingerprint density at radius 3 is 2.64 bits per heavy atom. The zero-order valence-electron chi connectivity index (χ0n) is 13.6. The molecule has 4 nitrogen and oxygen atoms in total. The minimum atomic E-state index is -1.09. The van der Waals surface area contributed by atoms with E-state index in [1.54, 1.807) is 12.1 Å². The third kappa shape index (κ3) is 2.86. The molecule has 0 aliphatic rings. The van der Waals surface area contributed by atoms with Gasteiger partial charge in [0, 0.05) is 35.1 Å².